The number of alkyl carbamates (subject to hydrolysis) is 1. The summed E-state index contributed by atoms with van der Waals surface area (Å²) in [5, 5.41) is 2.60. The Kier molecular flexibility index (Phi) is 6.45. The number of rotatable bonds is 6. The molecule has 31 heavy (non-hydrogen) atoms. The van der Waals surface area contributed by atoms with Gasteiger partial charge < -0.3 is 19.4 Å². The maximum absolute atomic E-state index is 14.8. The molecule has 1 unspecified atom stereocenters. The second-order valence-corrected chi connectivity index (χ2v) is 8.77. The first-order chi connectivity index (χ1) is 14.5. The van der Waals surface area contributed by atoms with Crippen molar-refractivity contribution in [2.75, 3.05) is 0 Å². The topological polar surface area (TPSA) is 63.6 Å². The maximum atomic E-state index is 14.8. The highest BCUT2D eigenvalue weighted by Gasteiger charge is 2.37. The molecular weight excluding hydrogens is 411 g/mol. The van der Waals surface area contributed by atoms with Crippen LogP contribution in [0.5, 0.6) is 0 Å². The van der Waals surface area contributed by atoms with Crippen molar-refractivity contribution >= 4 is 12.4 Å². The summed E-state index contributed by atoms with van der Waals surface area (Å²) in [7, 11) is 1.88. The van der Waals surface area contributed by atoms with Gasteiger partial charge in [-0.15, -0.1) is 0 Å². The van der Waals surface area contributed by atoms with E-state index in [4.69, 9.17) is 4.74 Å². The number of nitrogens with zero attached hydrogens (tertiary/aromatic N) is 2. The Labute approximate surface area is 179 Å². The van der Waals surface area contributed by atoms with Gasteiger partial charge in [0.1, 0.15) is 17.7 Å². The van der Waals surface area contributed by atoms with Crippen LogP contribution in [0.15, 0.2) is 24.5 Å². The van der Waals surface area contributed by atoms with E-state index in [9.17, 15) is 22.8 Å². The van der Waals surface area contributed by atoms with Gasteiger partial charge in [0.2, 0.25) is 0 Å². The first-order valence-electron chi connectivity index (χ1n) is 9.94. The van der Waals surface area contributed by atoms with Gasteiger partial charge in [-0.1, -0.05) is 0 Å². The molecule has 6 nitrogen and oxygen atoms in total. The first-order valence-corrected chi connectivity index (χ1v) is 9.94. The van der Waals surface area contributed by atoms with Crippen LogP contribution in [-0.2, 0) is 29.7 Å². The number of fused-ring (bicyclic) bond motifs is 1. The van der Waals surface area contributed by atoms with Crippen LogP contribution < -0.4 is 5.32 Å². The van der Waals surface area contributed by atoms with Crippen molar-refractivity contribution in [2.24, 2.45) is 7.05 Å². The van der Waals surface area contributed by atoms with Crippen LogP contribution in [0.4, 0.5) is 18.0 Å². The smallest absolute Gasteiger partial charge is 0.407 e. The van der Waals surface area contributed by atoms with E-state index in [1.165, 1.54) is 0 Å². The second-order valence-electron chi connectivity index (χ2n) is 8.77. The number of aromatic nitrogens is 1. The zero-order valence-electron chi connectivity index (χ0n) is 17.9. The number of aldehydes is 1. The van der Waals surface area contributed by atoms with Crippen molar-refractivity contribution in [1.29, 1.82) is 0 Å². The number of ether oxygens (including phenoxy) is 1. The van der Waals surface area contributed by atoms with Crippen LogP contribution in [0.1, 0.15) is 49.9 Å². The molecule has 0 bridgehead atoms. The summed E-state index contributed by atoms with van der Waals surface area (Å²) in [6, 6.07) is -0.605. The Morgan fingerprint density at radius 3 is 2.35 bits per heavy atom. The van der Waals surface area contributed by atoms with E-state index in [0.29, 0.717) is 25.4 Å². The van der Waals surface area contributed by atoms with Crippen molar-refractivity contribution in [1.82, 2.24) is 14.8 Å². The molecule has 0 fully saturated rings. The maximum Gasteiger partial charge on any atom is 0.407 e. The zero-order chi connectivity index (χ0) is 22.9. The molecule has 0 radical (unpaired) electrons. The van der Waals surface area contributed by atoms with E-state index in [1.54, 1.807) is 25.7 Å². The van der Waals surface area contributed by atoms with Crippen LogP contribution in [0, 0.1) is 17.5 Å². The van der Waals surface area contributed by atoms with Gasteiger partial charge in [0.05, 0.1) is 12.1 Å². The summed E-state index contributed by atoms with van der Waals surface area (Å²) >= 11 is 0. The van der Waals surface area contributed by atoms with E-state index in [2.05, 4.69) is 5.32 Å². The molecule has 9 heteroatoms. The van der Waals surface area contributed by atoms with E-state index in [0.717, 1.165) is 17.2 Å². The lowest BCUT2D eigenvalue weighted by Gasteiger charge is -2.35. The molecule has 0 aliphatic carbocycles. The molecule has 1 aromatic carbocycles. The minimum absolute atomic E-state index is 0.198. The summed E-state index contributed by atoms with van der Waals surface area (Å²) in [5.41, 5.74) is 0.889. The predicted octanol–water partition coefficient (Wildman–Crippen LogP) is 3.98. The lowest BCUT2D eigenvalue weighted by atomic mass is 9.94. The highest BCUT2D eigenvalue weighted by Crippen LogP contribution is 2.36. The number of hydrogen-bond donors (Lipinski definition) is 1. The number of nitrogens with one attached hydrogen (secondary N) is 1. The third kappa shape index (κ3) is 5.28. The molecule has 2 heterocycles. The van der Waals surface area contributed by atoms with E-state index < -0.39 is 41.2 Å². The highest BCUT2D eigenvalue weighted by atomic mass is 19.2. The quantitative estimate of drug-likeness (QED) is 0.549. The number of hydrogen-bond acceptors (Lipinski definition) is 4. The molecule has 3 rings (SSSR count). The highest BCUT2D eigenvalue weighted by molar-refractivity contribution is 5.69. The van der Waals surface area contributed by atoms with Gasteiger partial charge in [0, 0.05) is 50.6 Å². The molecule has 2 aromatic rings. The van der Waals surface area contributed by atoms with Gasteiger partial charge in [0.25, 0.3) is 0 Å². The number of carbonyl (C=O) groups excluding carboxylic acids is 2. The number of benzene rings is 1. The fourth-order valence-corrected chi connectivity index (χ4v) is 3.96. The van der Waals surface area contributed by atoms with Crippen molar-refractivity contribution in [3.05, 3.63) is 58.7 Å². The summed E-state index contributed by atoms with van der Waals surface area (Å²) in [6.45, 7) is 5.76. The minimum Gasteiger partial charge on any atom is -0.444 e. The predicted molar refractivity (Wildman–Crippen MR) is 108 cm³/mol. The summed E-state index contributed by atoms with van der Waals surface area (Å²) < 4.78 is 50.1. The number of halogens is 3. The monoisotopic (exact) mass is 437 g/mol. The van der Waals surface area contributed by atoms with Crippen LogP contribution in [0.25, 0.3) is 0 Å². The third-order valence-corrected chi connectivity index (χ3v) is 5.04. The van der Waals surface area contributed by atoms with Crippen molar-refractivity contribution in [2.45, 2.75) is 58.0 Å². The number of carbonyl (C=O) groups is 2. The fourth-order valence-electron chi connectivity index (χ4n) is 3.96. The van der Waals surface area contributed by atoms with Gasteiger partial charge in [-0.25, -0.2) is 18.0 Å². The lowest BCUT2D eigenvalue weighted by molar-refractivity contribution is -0.108. The van der Waals surface area contributed by atoms with E-state index in [-0.39, 0.29) is 12.0 Å². The van der Waals surface area contributed by atoms with Crippen molar-refractivity contribution < 1.29 is 27.5 Å². The molecule has 0 spiro atoms. The Morgan fingerprint density at radius 2 is 1.81 bits per heavy atom. The third-order valence-electron chi connectivity index (χ3n) is 5.04. The Morgan fingerprint density at radius 1 is 1.19 bits per heavy atom. The van der Waals surface area contributed by atoms with Crippen molar-refractivity contribution in [3.8, 4) is 0 Å². The first kappa shape index (κ1) is 22.9. The van der Waals surface area contributed by atoms with Crippen LogP contribution >= 0.6 is 0 Å². The average molecular weight is 437 g/mol. The molecule has 1 aromatic heterocycles. The largest absolute Gasteiger partial charge is 0.444 e. The van der Waals surface area contributed by atoms with Gasteiger partial charge in [0.15, 0.2) is 11.6 Å². The lowest BCUT2D eigenvalue weighted by Crippen LogP contribution is -2.47. The van der Waals surface area contributed by atoms with E-state index in [1.807, 2.05) is 24.0 Å². The van der Waals surface area contributed by atoms with Gasteiger partial charge >= 0.3 is 6.09 Å². The summed E-state index contributed by atoms with van der Waals surface area (Å²) in [4.78, 5) is 25.6. The average Bonchev–Trinajstić information content (AvgIpc) is 3.15. The Balaban J connectivity index is 2.00. The molecule has 0 saturated heterocycles. The zero-order valence-corrected chi connectivity index (χ0v) is 17.9. The van der Waals surface area contributed by atoms with Crippen LogP contribution in [-0.4, -0.2) is 33.5 Å². The molecular formula is C22H26F3N3O3. The molecule has 1 aliphatic heterocycles. The van der Waals surface area contributed by atoms with Crippen LogP contribution in [0.3, 0.4) is 0 Å². The molecule has 2 atom stereocenters. The minimum atomic E-state index is -1.33. The van der Waals surface area contributed by atoms with Gasteiger partial charge in [-0.05, 0) is 38.0 Å². The van der Waals surface area contributed by atoms with Gasteiger partial charge in [-0.2, -0.15) is 0 Å². The standard InChI is InChI=1S/C22H26F3N3O3/c1-22(2,3)31-21(30)26-18(5-6-29)20(16-7-15(23)8-17(24)19(16)25)28-11-13-9-27(4)10-14(13)12-28/h6-10,18,20H,5,11-12H2,1-4H3,(H,26,30)/t18?,20-/m1/s1. The molecule has 1 aliphatic rings. The Hall–Kier alpha value is -2.81. The Bertz CT molecular complexity index is 961. The molecule has 1 amide bonds. The molecule has 0 saturated carbocycles. The van der Waals surface area contributed by atoms with Crippen molar-refractivity contribution in [3.63, 3.8) is 0 Å². The number of amides is 1. The molecule has 1 N–H and O–H groups in total. The second kappa shape index (κ2) is 8.74. The summed E-state index contributed by atoms with van der Waals surface area (Å²) in [5.74, 6) is -3.50. The summed E-state index contributed by atoms with van der Waals surface area (Å²) in [6.07, 6.45) is 3.39. The SMILES string of the molecule is Cn1cc2c(c1)CN([C@H](c1cc(F)cc(F)c1F)C(CC=O)NC(=O)OC(C)(C)C)C2. The van der Waals surface area contributed by atoms with Crippen LogP contribution in [0.2, 0.25) is 0 Å². The van der Waals surface area contributed by atoms with E-state index >= 15 is 0 Å². The molecule has 168 valence electrons. The number of aryl methyl sites for hydroxylation is 1. The fraction of sp³-hybridized carbons (Fsp3) is 0.455. The normalized spacial score (nSPS) is 16.0. The van der Waals surface area contributed by atoms with Gasteiger partial charge in [-0.3, -0.25) is 4.90 Å².